The molecular formula is C37H46N4O8. The van der Waals surface area contributed by atoms with Crippen LogP contribution in [0.2, 0.25) is 0 Å². The fourth-order valence-electron chi connectivity index (χ4n) is 5.89. The SMILES string of the molecule is C=CCC/C(=N\OC(=O)NC1CCCCC1)C(=O)c1cccc(-c2cccc(C(=O)/C(COCCO)=N/OC(=O)NC3CCCCC3)c2)c1. The molecule has 0 heterocycles. The first-order valence-electron chi connectivity index (χ1n) is 17.1. The minimum absolute atomic E-state index is 0.00294. The molecule has 4 rings (SSSR count). The molecule has 2 aromatic rings. The third kappa shape index (κ3) is 12.1. The predicted molar refractivity (Wildman–Crippen MR) is 186 cm³/mol. The molecule has 0 unspecified atom stereocenters. The van der Waals surface area contributed by atoms with Crippen molar-refractivity contribution in [3.05, 3.63) is 72.3 Å². The maximum Gasteiger partial charge on any atom is 0.433 e. The zero-order chi connectivity index (χ0) is 34.8. The standard InChI is InChI=1S/C37H46N4O8/c1-2-3-20-32(40-48-36(45)38-30-16-6-4-7-17-30)34(43)28-14-10-12-26(23-28)27-13-11-15-29(24-27)35(44)33(25-47-22-21-42)41-49-37(46)39-31-18-8-5-9-19-31/h2,10-15,23-24,30-31,42H,1,3-9,16-22,25H2,(H,38,45)(H,39,46)/b40-32+,41-33+. The number of hydrogen-bond donors (Lipinski definition) is 3. The zero-order valence-electron chi connectivity index (χ0n) is 27.9. The third-order valence-corrected chi connectivity index (χ3v) is 8.50. The Bertz CT molecular complexity index is 1510. The summed E-state index contributed by atoms with van der Waals surface area (Å²) < 4.78 is 5.35. The number of carbonyl (C=O) groups is 4. The Balaban J connectivity index is 1.48. The Morgan fingerprint density at radius 3 is 1.73 bits per heavy atom. The number of hydrogen-bond acceptors (Lipinski definition) is 10. The second kappa shape index (κ2) is 20.0. The lowest BCUT2D eigenvalue weighted by atomic mass is 9.96. The van der Waals surface area contributed by atoms with Crippen molar-refractivity contribution in [2.45, 2.75) is 89.1 Å². The molecular weight excluding hydrogens is 628 g/mol. The summed E-state index contributed by atoms with van der Waals surface area (Å²) in [6, 6.07) is 13.6. The normalized spacial score (nSPS) is 16.0. The number of aliphatic hydroxyl groups is 1. The van der Waals surface area contributed by atoms with Crippen molar-refractivity contribution in [3.63, 3.8) is 0 Å². The van der Waals surface area contributed by atoms with Crippen LogP contribution in [0.4, 0.5) is 9.59 Å². The average molecular weight is 675 g/mol. The average Bonchev–Trinajstić information content (AvgIpc) is 3.13. The molecule has 0 bridgehead atoms. The Morgan fingerprint density at radius 2 is 1.24 bits per heavy atom. The summed E-state index contributed by atoms with van der Waals surface area (Å²) in [7, 11) is 0. The van der Waals surface area contributed by atoms with Crippen molar-refractivity contribution in [1.82, 2.24) is 10.6 Å². The van der Waals surface area contributed by atoms with Crippen molar-refractivity contribution >= 4 is 35.2 Å². The number of rotatable bonds is 16. The topological polar surface area (TPSA) is 165 Å². The number of amides is 2. The van der Waals surface area contributed by atoms with Gasteiger partial charge in [-0.25, -0.2) is 9.59 Å². The smallest absolute Gasteiger partial charge is 0.394 e. The first-order valence-corrected chi connectivity index (χ1v) is 17.1. The highest BCUT2D eigenvalue weighted by Crippen LogP contribution is 2.24. The molecule has 0 atom stereocenters. The predicted octanol–water partition coefficient (Wildman–Crippen LogP) is 6.52. The second-order valence-corrected chi connectivity index (χ2v) is 12.2. The van der Waals surface area contributed by atoms with Gasteiger partial charge in [0, 0.05) is 29.6 Å². The number of nitrogens with one attached hydrogen (secondary N) is 2. The Kier molecular flexibility index (Phi) is 15.1. The summed E-state index contributed by atoms with van der Waals surface area (Å²) in [6.45, 7) is 3.15. The zero-order valence-corrected chi connectivity index (χ0v) is 27.9. The first-order chi connectivity index (χ1) is 23.9. The van der Waals surface area contributed by atoms with Gasteiger partial charge >= 0.3 is 12.2 Å². The molecule has 0 saturated heterocycles. The summed E-state index contributed by atoms with van der Waals surface area (Å²) in [4.78, 5) is 62.0. The monoisotopic (exact) mass is 674 g/mol. The van der Waals surface area contributed by atoms with E-state index in [0.29, 0.717) is 23.1 Å². The number of Topliss-reactive ketones (excluding diaryl/α,β-unsaturated/α-hetero) is 2. The molecule has 262 valence electrons. The maximum atomic E-state index is 13.6. The molecule has 3 N–H and O–H groups in total. The van der Waals surface area contributed by atoms with Crippen LogP contribution in [0.25, 0.3) is 11.1 Å². The Hall–Kier alpha value is -4.68. The van der Waals surface area contributed by atoms with E-state index in [2.05, 4.69) is 27.5 Å². The molecule has 0 aromatic heterocycles. The van der Waals surface area contributed by atoms with E-state index in [0.717, 1.165) is 64.2 Å². The van der Waals surface area contributed by atoms with Gasteiger partial charge in [-0.2, -0.15) is 0 Å². The van der Waals surface area contributed by atoms with E-state index < -0.39 is 23.8 Å². The summed E-state index contributed by atoms with van der Waals surface area (Å²) in [5, 5.41) is 22.5. The summed E-state index contributed by atoms with van der Waals surface area (Å²) >= 11 is 0. The van der Waals surface area contributed by atoms with Crippen molar-refractivity contribution in [2.24, 2.45) is 10.3 Å². The molecule has 49 heavy (non-hydrogen) atoms. The highest BCUT2D eigenvalue weighted by atomic mass is 16.7. The molecule has 12 nitrogen and oxygen atoms in total. The van der Waals surface area contributed by atoms with Crippen molar-refractivity contribution in [2.75, 3.05) is 19.8 Å². The van der Waals surface area contributed by atoms with Gasteiger partial charge in [-0.05, 0) is 55.4 Å². The van der Waals surface area contributed by atoms with Gasteiger partial charge < -0.3 is 20.5 Å². The quantitative estimate of drug-likeness (QED) is 0.0452. The van der Waals surface area contributed by atoms with Crippen molar-refractivity contribution in [1.29, 1.82) is 0 Å². The van der Waals surface area contributed by atoms with Crippen LogP contribution >= 0.6 is 0 Å². The van der Waals surface area contributed by atoms with E-state index in [9.17, 15) is 19.2 Å². The number of oxime groups is 2. The fraction of sp³-hybridized carbons (Fsp3) is 0.459. The number of benzene rings is 2. The van der Waals surface area contributed by atoms with Crippen molar-refractivity contribution < 1.29 is 38.7 Å². The van der Waals surface area contributed by atoms with E-state index in [-0.39, 0.29) is 55.3 Å². The van der Waals surface area contributed by atoms with E-state index >= 15 is 0 Å². The molecule has 2 amide bonds. The number of aliphatic hydroxyl groups excluding tert-OH is 1. The van der Waals surface area contributed by atoms with Crippen LogP contribution < -0.4 is 10.6 Å². The molecule has 12 heteroatoms. The minimum atomic E-state index is -0.749. The largest absolute Gasteiger partial charge is 0.433 e. The van der Waals surface area contributed by atoms with Crippen molar-refractivity contribution in [3.8, 4) is 11.1 Å². The van der Waals surface area contributed by atoms with Crippen LogP contribution in [0.5, 0.6) is 0 Å². The summed E-state index contributed by atoms with van der Waals surface area (Å²) in [6.07, 6.45) is 10.8. The van der Waals surface area contributed by atoms with Crippen LogP contribution in [0.3, 0.4) is 0 Å². The van der Waals surface area contributed by atoms with Crippen LogP contribution in [0, 0.1) is 0 Å². The highest BCUT2D eigenvalue weighted by Gasteiger charge is 2.22. The summed E-state index contributed by atoms with van der Waals surface area (Å²) in [5.74, 6) is -0.930. The van der Waals surface area contributed by atoms with Gasteiger partial charge in [-0.15, -0.1) is 6.58 Å². The van der Waals surface area contributed by atoms with E-state index in [1.54, 1.807) is 54.6 Å². The Morgan fingerprint density at radius 1 is 0.755 bits per heavy atom. The lowest BCUT2D eigenvalue weighted by Gasteiger charge is -2.21. The van der Waals surface area contributed by atoms with E-state index in [1.165, 1.54) is 0 Å². The highest BCUT2D eigenvalue weighted by molar-refractivity contribution is 6.47. The Labute approximate surface area is 286 Å². The molecule has 2 aromatic carbocycles. The first kappa shape index (κ1) is 37.1. The maximum absolute atomic E-state index is 13.6. The lowest BCUT2D eigenvalue weighted by Crippen LogP contribution is -2.36. The minimum Gasteiger partial charge on any atom is -0.394 e. The van der Waals surface area contributed by atoms with Gasteiger partial charge in [0.1, 0.15) is 5.71 Å². The van der Waals surface area contributed by atoms with Crippen LogP contribution in [0.1, 0.15) is 97.8 Å². The van der Waals surface area contributed by atoms with Gasteiger partial charge in [-0.1, -0.05) is 91.3 Å². The van der Waals surface area contributed by atoms with Crippen LogP contribution in [0.15, 0.2) is 71.5 Å². The molecule has 2 aliphatic rings. The van der Waals surface area contributed by atoms with E-state index in [1.807, 2.05) is 0 Å². The lowest BCUT2D eigenvalue weighted by molar-refractivity contribution is 0.0981. The van der Waals surface area contributed by atoms with Crippen LogP contribution in [-0.2, 0) is 14.4 Å². The molecule has 2 aliphatic carbocycles. The van der Waals surface area contributed by atoms with Gasteiger partial charge in [-0.3, -0.25) is 19.3 Å². The molecule has 0 radical (unpaired) electrons. The number of ketones is 2. The van der Waals surface area contributed by atoms with Crippen LogP contribution in [-0.4, -0.2) is 72.2 Å². The number of allylic oxidation sites excluding steroid dienone is 1. The molecule has 0 spiro atoms. The van der Waals surface area contributed by atoms with Gasteiger partial charge in [0.2, 0.25) is 11.6 Å². The second-order valence-electron chi connectivity index (χ2n) is 12.2. The number of ether oxygens (including phenoxy) is 1. The third-order valence-electron chi connectivity index (χ3n) is 8.50. The molecule has 2 fully saturated rings. The molecule has 2 saturated carbocycles. The van der Waals surface area contributed by atoms with Gasteiger partial charge in [0.05, 0.1) is 19.8 Å². The fourth-order valence-corrected chi connectivity index (χ4v) is 5.89. The molecule has 0 aliphatic heterocycles. The number of nitrogens with zero attached hydrogens (tertiary/aromatic N) is 2. The number of carbonyl (C=O) groups excluding carboxylic acids is 4. The van der Waals surface area contributed by atoms with E-state index in [4.69, 9.17) is 19.5 Å². The van der Waals surface area contributed by atoms with Gasteiger partial charge in [0.15, 0.2) is 5.71 Å². The summed E-state index contributed by atoms with van der Waals surface area (Å²) in [5.41, 5.74) is 1.80. The van der Waals surface area contributed by atoms with Gasteiger partial charge in [0.25, 0.3) is 0 Å².